The number of ether oxygens (including phenoxy) is 4. The first-order chi connectivity index (χ1) is 18.2. The van der Waals surface area contributed by atoms with Gasteiger partial charge in [-0.25, -0.2) is 9.59 Å². The number of hydrogen-bond acceptors (Lipinski definition) is 11. The second kappa shape index (κ2) is 9.01. The molecule has 39 heavy (non-hydrogen) atoms. The Balaban J connectivity index is 1.68. The lowest BCUT2D eigenvalue weighted by molar-refractivity contribution is -0.290. The number of hydrogen-bond donors (Lipinski definition) is 3. The number of fused-ring (bicyclic) bond motifs is 2. The quantitative estimate of drug-likeness (QED) is 0.333. The van der Waals surface area contributed by atoms with Crippen molar-refractivity contribution in [1.29, 1.82) is 0 Å². The van der Waals surface area contributed by atoms with Gasteiger partial charge < -0.3 is 34.3 Å². The predicted molar refractivity (Wildman–Crippen MR) is 132 cm³/mol. The summed E-state index contributed by atoms with van der Waals surface area (Å²) in [6.45, 7) is 9.03. The molecule has 5 rings (SSSR count). The predicted octanol–water partition coefficient (Wildman–Crippen LogP) is 1.23. The second-order valence-corrected chi connectivity index (χ2v) is 12.8. The molecule has 2 aliphatic heterocycles. The summed E-state index contributed by atoms with van der Waals surface area (Å²) in [5.74, 6) is -5.90. The van der Waals surface area contributed by atoms with Gasteiger partial charge in [0.25, 0.3) is 0 Å². The summed E-state index contributed by atoms with van der Waals surface area (Å²) < 4.78 is 22.8. The number of methoxy groups -OCH3 is 1. The molecule has 0 aromatic heterocycles. The van der Waals surface area contributed by atoms with Gasteiger partial charge in [0.2, 0.25) is 11.7 Å². The lowest BCUT2D eigenvalue weighted by Crippen LogP contribution is -2.79. The normalized spacial score (nSPS) is 45.3. The first-order valence-corrected chi connectivity index (χ1v) is 13.6. The van der Waals surface area contributed by atoms with Gasteiger partial charge in [0, 0.05) is 24.2 Å². The van der Waals surface area contributed by atoms with Crippen LogP contribution in [0.5, 0.6) is 0 Å². The SMILES string of the molecule is COC(=O)[C@@]12OC[C@]34[C@H]([C@@H](O)[C@@H]1O)[C@@]1(C)CC(=O)C(O)=C(C)[C@@H]1C[C@H]3OC(=O)[C@H](OC(=O)CC(C)C(C)C)[C@@H]24. The Morgan fingerprint density at radius 2 is 1.82 bits per heavy atom. The molecule has 2 heterocycles. The Kier molecular flexibility index (Phi) is 6.48. The second-order valence-electron chi connectivity index (χ2n) is 12.8. The highest BCUT2D eigenvalue weighted by atomic mass is 16.6. The van der Waals surface area contributed by atoms with Crippen molar-refractivity contribution >= 4 is 23.7 Å². The Morgan fingerprint density at radius 1 is 1.15 bits per heavy atom. The van der Waals surface area contributed by atoms with Gasteiger partial charge in [0.15, 0.2) is 11.5 Å². The number of aliphatic hydroxyl groups is 3. The summed E-state index contributed by atoms with van der Waals surface area (Å²) in [5, 5.41) is 33.8. The van der Waals surface area contributed by atoms with E-state index in [2.05, 4.69) is 0 Å². The molecule has 0 amide bonds. The third-order valence-electron chi connectivity index (χ3n) is 10.7. The Bertz CT molecular complexity index is 1140. The fourth-order valence-electron chi connectivity index (χ4n) is 8.54. The maximum atomic E-state index is 13.5. The molecule has 3 N–H and O–H groups in total. The molecule has 3 aliphatic carbocycles. The van der Waals surface area contributed by atoms with E-state index in [1.807, 2.05) is 20.8 Å². The molecule has 11 nitrogen and oxygen atoms in total. The zero-order valence-corrected chi connectivity index (χ0v) is 23.1. The molecule has 0 radical (unpaired) electrons. The fourth-order valence-corrected chi connectivity index (χ4v) is 8.54. The van der Waals surface area contributed by atoms with Crippen molar-refractivity contribution in [3.05, 3.63) is 11.3 Å². The van der Waals surface area contributed by atoms with Crippen LogP contribution in [0.2, 0.25) is 0 Å². The minimum Gasteiger partial charge on any atom is -0.504 e. The minimum atomic E-state index is -2.20. The maximum Gasteiger partial charge on any atom is 0.348 e. The fraction of sp³-hybridized carbons (Fsp3) is 0.786. The van der Waals surface area contributed by atoms with Gasteiger partial charge in [0.1, 0.15) is 12.2 Å². The molecule has 1 unspecified atom stereocenters. The third-order valence-corrected chi connectivity index (χ3v) is 10.7. The number of carbonyl (C=O) groups is 4. The molecule has 216 valence electrons. The van der Waals surface area contributed by atoms with E-state index < -0.39 is 82.3 Å². The van der Waals surface area contributed by atoms with Crippen molar-refractivity contribution in [2.75, 3.05) is 13.7 Å². The van der Waals surface area contributed by atoms with E-state index in [9.17, 15) is 34.5 Å². The van der Waals surface area contributed by atoms with E-state index in [-0.39, 0.29) is 43.5 Å². The molecule has 11 atom stereocenters. The van der Waals surface area contributed by atoms with Gasteiger partial charge in [0.05, 0.1) is 25.7 Å². The van der Waals surface area contributed by atoms with E-state index in [4.69, 9.17) is 18.9 Å². The van der Waals surface area contributed by atoms with Crippen LogP contribution in [0, 0.1) is 40.4 Å². The zero-order chi connectivity index (χ0) is 28.8. The van der Waals surface area contributed by atoms with Crippen LogP contribution in [0.1, 0.15) is 53.9 Å². The molecule has 0 aromatic rings. The van der Waals surface area contributed by atoms with Crippen LogP contribution in [0.25, 0.3) is 0 Å². The number of Topliss-reactive ketones (excluding diaryl/α,β-unsaturated/α-hetero) is 1. The van der Waals surface area contributed by atoms with Crippen LogP contribution in [0.4, 0.5) is 0 Å². The number of rotatable bonds is 5. The molecule has 2 bridgehead atoms. The summed E-state index contributed by atoms with van der Waals surface area (Å²) in [5.41, 5.74) is -4.07. The van der Waals surface area contributed by atoms with Gasteiger partial charge in [-0.1, -0.05) is 27.7 Å². The monoisotopic (exact) mass is 550 g/mol. The highest BCUT2D eigenvalue weighted by Gasteiger charge is 2.85. The summed E-state index contributed by atoms with van der Waals surface area (Å²) in [6, 6.07) is 0. The Hall–Kier alpha value is -2.50. The third kappa shape index (κ3) is 3.45. The van der Waals surface area contributed by atoms with Gasteiger partial charge in [-0.05, 0) is 42.1 Å². The van der Waals surface area contributed by atoms with Crippen LogP contribution >= 0.6 is 0 Å². The molecule has 5 aliphatic rings. The van der Waals surface area contributed by atoms with Crippen molar-refractivity contribution in [3.8, 4) is 0 Å². The van der Waals surface area contributed by atoms with Crippen LogP contribution < -0.4 is 0 Å². The highest BCUT2D eigenvalue weighted by molar-refractivity contribution is 5.95. The Labute approximate surface area is 226 Å². The Morgan fingerprint density at radius 3 is 2.44 bits per heavy atom. The zero-order valence-electron chi connectivity index (χ0n) is 23.1. The molecule has 2 saturated heterocycles. The number of ketones is 1. The first kappa shape index (κ1) is 28.0. The standard InChI is InChI=1S/C28H38O11/c1-11(2)12(3)7-17(30)39-20-22-27-10-37-28(22,25(35)36-6)23(33)19(32)21(27)26(5)9-15(29)18(31)13(4)14(26)8-16(27)38-24(20)34/h11-12,14,16,19-23,31-33H,7-10H2,1-6H3/t12?,14-,16+,19+,20+,21+,22+,23-,26-,27+,28-/m0/s1. The molecule has 1 spiro atoms. The topological polar surface area (TPSA) is 166 Å². The highest BCUT2D eigenvalue weighted by Crippen LogP contribution is 2.72. The maximum absolute atomic E-state index is 13.5. The van der Waals surface area contributed by atoms with Gasteiger partial charge in [-0.3, -0.25) is 9.59 Å². The lowest BCUT2D eigenvalue weighted by atomic mass is 9.38. The molecule has 2 saturated carbocycles. The first-order valence-electron chi connectivity index (χ1n) is 13.6. The summed E-state index contributed by atoms with van der Waals surface area (Å²) in [4.78, 5) is 52.9. The number of esters is 3. The van der Waals surface area contributed by atoms with Gasteiger partial charge in [-0.2, -0.15) is 0 Å². The minimum absolute atomic E-state index is 0.0167. The average Bonchev–Trinajstić information content (AvgIpc) is 3.18. The van der Waals surface area contributed by atoms with Crippen LogP contribution in [0.3, 0.4) is 0 Å². The molecule has 4 fully saturated rings. The van der Waals surface area contributed by atoms with E-state index in [0.717, 1.165) is 7.11 Å². The van der Waals surface area contributed by atoms with Crippen molar-refractivity contribution in [1.82, 2.24) is 0 Å². The van der Waals surface area contributed by atoms with Crippen LogP contribution in [0.15, 0.2) is 11.3 Å². The van der Waals surface area contributed by atoms with Gasteiger partial charge >= 0.3 is 17.9 Å². The van der Waals surface area contributed by atoms with Crippen molar-refractivity contribution in [3.63, 3.8) is 0 Å². The van der Waals surface area contributed by atoms with Crippen molar-refractivity contribution < 1.29 is 53.4 Å². The molecular formula is C28H38O11. The summed E-state index contributed by atoms with van der Waals surface area (Å²) in [7, 11) is 1.11. The number of carbonyl (C=O) groups excluding carboxylic acids is 4. The molecule has 11 heteroatoms. The molecular weight excluding hydrogens is 512 g/mol. The molecule has 0 aromatic carbocycles. The largest absolute Gasteiger partial charge is 0.504 e. The van der Waals surface area contributed by atoms with Crippen LogP contribution in [-0.4, -0.2) is 82.7 Å². The van der Waals surface area contributed by atoms with E-state index >= 15 is 0 Å². The summed E-state index contributed by atoms with van der Waals surface area (Å²) in [6.07, 6.45) is -5.88. The number of allylic oxidation sites excluding steroid dienone is 2. The smallest absolute Gasteiger partial charge is 0.348 e. The van der Waals surface area contributed by atoms with E-state index in [1.165, 1.54) is 0 Å². The summed E-state index contributed by atoms with van der Waals surface area (Å²) >= 11 is 0. The van der Waals surface area contributed by atoms with Crippen molar-refractivity contribution in [2.45, 2.75) is 83.9 Å². The average molecular weight is 551 g/mol. The van der Waals surface area contributed by atoms with Crippen LogP contribution in [-0.2, 0) is 38.1 Å². The van der Waals surface area contributed by atoms with Gasteiger partial charge in [-0.15, -0.1) is 0 Å². The number of aliphatic hydroxyl groups excluding tert-OH is 3. The van der Waals surface area contributed by atoms with Crippen molar-refractivity contribution in [2.24, 2.45) is 40.4 Å². The lowest BCUT2D eigenvalue weighted by Gasteiger charge is -2.67. The van der Waals surface area contributed by atoms with E-state index in [1.54, 1.807) is 13.8 Å². The van der Waals surface area contributed by atoms with E-state index in [0.29, 0.717) is 5.57 Å².